The third-order valence-corrected chi connectivity index (χ3v) is 4.37. The van der Waals surface area contributed by atoms with E-state index in [2.05, 4.69) is 0 Å². The molecule has 0 saturated heterocycles. The van der Waals surface area contributed by atoms with Crippen LogP contribution in [-0.4, -0.2) is 77.8 Å². The van der Waals surface area contributed by atoms with Crippen LogP contribution in [0.25, 0.3) is 0 Å². The highest BCUT2D eigenvalue weighted by molar-refractivity contribution is 6.18. The zero-order chi connectivity index (χ0) is 19.7. The van der Waals surface area contributed by atoms with Crippen molar-refractivity contribution < 1.29 is 23.7 Å². The minimum absolute atomic E-state index is 0.584. The summed E-state index contributed by atoms with van der Waals surface area (Å²) in [4.78, 5) is 0. The molecule has 0 heterocycles. The number of halogens is 2. The van der Waals surface area contributed by atoms with Gasteiger partial charge < -0.3 is 23.7 Å². The van der Waals surface area contributed by atoms with E-state index in [1.165, 1.54) is 25.7 Å². The minimum Gasteiger partial charge on any atom is -0.379 e. The molecule has 0 bridgehead atoms. The van der Waals surface area contributed by atoms with Gasteiger partial charge in [-0.15, -0.1) is 23.2 Å². The van der Waals surface area contributed by atoms with E-state index in [4.69, 9.17) is 46.9 Å². The summed E-state index contributed by atoms with van der Waals surface area (Å²) < 4.78 is 27.4. The molecule has 0 radical (unpaired) electrons. The van der Waals surface area contributed by atoms with Crippen LogP contribution in [0.2, 0.25) is 0 Å². The van der Waals surface area contributed by atoms with E-state index < -0.39 is 0 Å². The standard InChI is InChI=1S/C20H40Cl2O5/c21-9-5-1-3-7-11-23-13-15-25-17-19-27-20-18-26-16-14-24-12-8-4-2-6-10-22/h1-20H2. The molecule has 0 N–H and O–H groups in total. The molecule has 5 nitrogen and oxygen atoms in total. The van der Waals surface area contributed by atoms with E-state index in [-0.39, 0.29) is 0 Å². The van der Waals surface area contributed by atoms with E-state index in [9.17, 15) is 0 Å². The normalized spacial score (nSPS) is 11.3. The van der Waals surface area contributed by atoms with Crippen LogP contribution in [0.3, 0.4) is 0 Å². The summed E-state index contributed by atoms with van der Waals surface area (Å²) in [6.45, 7) is 6.47. The van der Waals surface area contributed by atoms with E-state index in [0.29, 0.717) is 52.9 Å². The van der Waals surface area contributed by atoms with Gasteiger partial charge in [0, 0.05) is 25.0 Å². The highest BCUT2D eigenvalue weighted by Gasteiger charge is 1.95. The van der Waals surface area contributed by atoms with Crippen LogP contribution in [0.5, 0.6) is 0 Å². The van der Waals surface area contributed by atoms with Crippen molar-refractivity contribution in [3.8, 4) is 0 Å². The lowest BCUT2D eigenvalue weighted by molar-refractivity contribution is -0.0114. The minimum atomic E-state index is 0.584. The summed E-state index contributed by atoms with van der Waals surface area (Å²) in [6.07, 6.45) is 9.13. The Hall–Kier alpha value is 0.380. The molecule has 0 spiro atoms. The smallest absolute Gasteiger partial charge is 0.0701 e. The molecule has 0 amide bonds. The first kappa shape index (κ1) is 27.4. The van der Waals surface area contributed by atoms with Gasteiger partial charge in [0.2, 0.25) is 0 Å². The Morgan fingerprint density at radius 1 is 0.296 bits per heavy atom. The summed E-state index contributed by atoms with van der Waals surface area (Å²) in [5, 5.41) is 0. The number of rotatable bonds is 24. The molecule has 0 aromatic heterocycles. The molecule has 0 saturated carbocycles. The lowest BCUT2D eigenvalue weighted by Crippen LogP contribution is -2.13. The SMILES string of the molecule is ClCCCCCCOCCOCCOCCOCCOCCCCCCCl. The zero-order valence-electron chi connectivity index (χ0n) is 16.9. The third kappa shape index (κ3) is 26.4. The maximum atomic E-state index is 5.63. The van der Waals surface area contributed by atoms with E-state index in [1.807, 2.05) is 0 Å². The van der Waals surface area contributed by atoms with Crippen molar-refractivity contribution in [1.82, 2.24) is 0 Å². The molecule has 0 aliphatic rings. The van der Waals surface area contributed by atoms with E-state index in [1.54, 1.807) is 0 Å². The first-order chi connectivity index (χ1) is 13.4. The predicted octanol–water partition coefficient (Wildman–Crippen LogP) is 4.67. The summed E-state index contributed by atoms with van der Waals surface area (Å²) >= 11 is 11.3. The first-order valence-electron chi connectivity index (χ1n) is 10.4. The Kier molecular flexibility index (Phi) is 26.8. The van der Waals surface area contributed by atoms with Gasteiger partial charge in [0.1, 0.15) is 0 Å². The number of unbranched alkanes of at least 4 members (excludes halogenated alkanes) is 6. The zero-order valence-corrected chi connectivity index (χ0v) is 18.5. The highest BCUT2D eigenvalue weighted by Crippen LogP contribution is 2.01. The van der Waals surface area contributed by atoms with Crippen LogP contribution < -0.4 is 0 Å². The molecule has 0 rings (SSSR count). The maximum absolute atomic E-state index is 5.63. The first-order valence-corrected chi connectivity index (χ1v) is 11.5. The second-order valence-electron chi connectivity index (χ2n) is 6.27. The second-order valence-corrected chi connectivity index (χ2v) is 7.02. The van der Waals surface area contributed by atoms with Crippen LogP contribution in [-0.2, 0) is 23.7 Å². The van der Waals surface area contributed by atoms with Crippen molar-refractivity contribution >= 4 is 23.2 Å². The summed E-state index contributed by atoms with van der Waals surface area (Å²) in [6, 6.07) is 0. The highest BCUT2D eigenvalue weighted by atomic mass is 35.5. The average Bonchev–Trinajstić information content (AvgIpc) is 2.68. The quantitative estimate of drug-likeness (QED) is 0.164. The summed E-state index contributed by atoms with van der Waals surface area (Å²) in [5.41, 5.74) is 0. The number of alkyl halides is 2. The molecule has 27 heavy (non-hydrogen) atoms. The Bertz CT molecular complexity index is 237. The Morgan fingerprint density at radius 2 is 0.556 bits per heavy atom. The van der Waals surface area contributed by atoms with Gasteiger partial charge in [-0.3, -0.25) is 0 Å². The van der Waals surface area contributed by atoms with Gasteiger partial charge in [0.05, 0.1) is 52.9 Å². The van der Waals surface area contributed by atoms with Crippen molar-refractivity contribution in [3.63, 3.8) is 0 Å². The molecule has 0 fully saturated rings. The van der Waals surface area contributed by atoms with Gasteiger partial charge in [-0.2, -0.15) is 0 Å². The van der Waals surface area contributed by atoms with Gasteiger partial charge >= 0.3 is 0 Å². The van der Waals surface area contributed by atoms with Crippen LogP contribution in [0.15, 0.2) is 0 Å². The van der Waals surface area contributed by atoms with Crippen LogP contribution in [0.4, 0.5) is 0 Å². The van der Waals surface area contributed by atoms with Gasteiger partial charge in [0.15, 0.2) is 0 Å². The molecule has 0 aliphatic heterocycles. The molecular formula is C20H40Cl2O5. The molecule has 0 aromatic rings. The number of ether oxygens (including phenoxy) is 5. The predicted molar refractivity (Wildman–Crippen MR) is 112 cm³/mol. The number of hydrogen-bond acceptors (Lipinski definition) is 5. The lowest BCUT2D eigenvalue weighted by Gasteiger charge is -2.08. The van der Waals surface area contributed by atoms with Gasteiger partial charge in [-0.1, -0.05) is 25.7 Å². The van der Waals surface area contributed by atoms with Gasteiger partial charge in [-0.25, -0.2) is 0 Å². The Morgan fingerprint density at radius 3 is 0.852 bits per heavy atom. The lowest BCUT2D eigenvalue weighted by atomic mass is 10.2. The van der Waals surface area contributed by atoms with Crippen molar-refractivity contribution in [2.45, 2.75) is 51.4 Å². The van der Waals surface area contributed by atoms with Crippen molar-refractivity contribution in [1.29, 1.82) is 0 Å². The van der Waals surface area contributed by atoms with E-state index >= 15 is 0 Å². The van der Waals surface area contributed by atoms with Crippen LogP contribution >= 0.6 is 23.2 Å². The average molecular weight is 431 g/mol. The molecule has 0 aromatic carbocycles. The summed E-state index contributed by atoms with van der Waals surface area (Å²) in [5.74, 6) is 1.51. The van der Waals surface area contributed by atoms with Crippen molar-refractivity contribution in [3.05, 3.63) is 0 Å². The van der Waals surface area contributed by atoms with Crippen molar-refractivity contribution in [2.75, 3.05) is 77.8 Å². The Balaban J connectivity index is 2.95. The largest absolute Gasteiger partial charge is 0.379 e. The Labute approximate surface area is 176 Å². The molecule has 0 atom stereocenters. The van der Waals surface area contributed by atoms with Crippen LogP contribution in [0, 0.1) is 0 Å². The molecule has 7 heteroatoms. The molecule has 0 unspecified atom stereocenters. The van der Waals surface area contributed by atoms with Crippen LogP contribution in [0.1, 0.15) is 51.4 Å². The number of hydrogen-bond donors (Lipinski definition) is 0. The summed E-state index contributed by atoms with van der Waals surface area (Å²) in [7, 11) is 0. The van der Waals surface area contributed by atoms with E-state index in [0.717, 1.165) is 50.7 Å². The van der Waals surface area contributed by atoms with Gasteiger partial charge in [0.25, 0.3) is 0 Å². The molecule has 0 aliphatic carbocycles. The maximum Gasteiger partial charge on any atom is 0.0701 e. The van der Waals surface area contributed by atoms with Gasteiger partial charge in [-0.05, 0) is 25.7 Å². The topological polar surface area (TPSA) is 46.2 Å². The monoisotopic (exact) mass is 430 g/mol. The molecular weight excluding hydrogens is 391 g/mol. The fourth-order valence-corrected chi connectivity index (χ4v) is 2.66. The van der Waals surface area contributed by atoms with Crippen molar-refractivity contribution in [2.24, 2.45) is 0 Å². The second kappa shape index (κ2) is 26.4. The third-order valence-electron chi connectivity index (χ3n) is 3.83. The fourth-order valence-electron chi connectivity index (χ4n) is 2.29. The fraction of sp³-hybridized carbons (Fsp3) is 1.00. The molecule has 164 valence electrons.